The third-order valence-corrected chi connectivity index (χ3v) is 5.61. The van der Waals surface area contributed by atoms with Crippen molar-refractivity contribution < 1.29 is 14.2 Å². The van der Waals surface area contributed by atoms with Crippen LogP contribution in [0.4, 0.5) is 0 Å². The van der Waals surface area contributed by atoms with Gasteiger partial charge in [-0.3, -0.25) is 9.69 Å². The monoisotopic (exact) mass is 426 g/mol. The molecule has 2 aliphatic heterocycles. The van der Waals surface area contributed by atoms with Crippen molar-refractivity contribution in [3.05, 3.63) is 39.9 Å². The summed E-state index contributed by atoms with van der Waals surface area (Å²) >= 11 is 0. The lowest BCUT2D eigenvalue weighted by Crippen LogP contribution is -2.43. The Morgan fingerprint density at radius 3 is 2.45 bits per heavy atom. The molecule has 1 saturated heterocycles. The van der Waals surface area contributed by atoms with Crippen LogP contribution in [-0.4, -0.2) is 69.6 Å². The molecule has 1 aromatic carbocycles. The van der Waals surface area contributed by atoms with Gasteiger partial charge in [-0.15, -0.1) is 5.10 Å². The van der Waals surface area contributed by atoms with Crippen LogP contribution in [0.5, 0.6) is 11.5 Å². The van der Waals surface area contributed by atoms with Gasteiger partial charge in [0.15, 0.2) is 17.3 Å². The molecule has 2 aromatic heterocycles. The Bertz CT molecular complexity index is 1160. The quantitative estimate of drug-likeness (QED) is 0.671. The van der Waals surface area contributed by atoms with Gasteiger partial charge in [0.2, 0.25) is 0 Å². The molecule has 164 valence electrons. The van der Waals surface area contributed by atoms with Crippen LogP contribution in [0.3, 0.4) is 0 Å². The molecule has 5 rings (SSSR count). The first kappa shape index (κ1) is 20.0. The van der Waals surface area contributed by atoms with Gasteiger partial charge in [0.05, 0.1) is 24.3 Å². The summed E-state index contributed by atoms with van der Waals surface area (Å²) in [5, 5.41) is 13.4. The molecular weight excluding hydrogens is 400 g/mol. The molecule has 0 bridgehead atoms. The van der Waals surface area contributed by atoms with Crippen molar-refractivity contribution in [1.29, 1.82) is 0 Å². The Labute approximate surface area is 179 Å². The number of hydrogen-bond donors (Lipinski definition) is 1. The second kappa shape index (κ2) is 7.61. The van der Waals surface area contributed by atoms with Crippen molar-refractivity contribution in [2.24, 2.45) is 0 Å². The van der Waals surface area contributed by atoms with Crippen LogP contribution in [0.25, 0.3) is 10.9 Å². The lowest BCUT2D eigenvalue weighted by Gasteiger charge is -2.34. The molecule has 1 atom stereocenters. The first-order valence-corrected chi connectivity index (χ1v) is 10.5. The maximum Gasteiger partial charge on any atom is 0.253 e. The fourth-order valence-electron chi connectivity index (χ4n) is 4.14. The number of nitrogens with zero attached hydrogens (tertiary/aromatic N) is 5. The van der Waals surface area contributed by atoms with Gasteiger partial charge < -0.3 is 19.2 Å². The molecule has 31 heavy (non-hydrogen) atoms. The highest BCUT2D eigenvalue weighted by Crippen LogP contribution is 2.35. The van der Waals surface area contributed by atoms with Gasteiger partial charge in [0.25, 0.3) is 5.56 Å². The van der Waals surface area contributed by atoms with Gasteiger partial charge in [-0.25, -0.2) is 4.68 Å². The van der Waals surface area contributed by atoms with Crippen molar-refractivity contribution in [2.45, 2.75) is 32.4 Å². The Hall–Kier alpha value is -2.98. The molecule has 3 aromatic rings. The summed E-state index contributed by atoms with van der Waals surface area (Å²) in [6.45, 7) is 9.67. The first-order valence-electron chi connectivity index (χ1n) is 10.5. The van der Waals surface area contributed by atoms with Crippen LogP contribution < -0.4 is 15.0 Å². The van der Waals surface area contributed by atoms with Crippen molar-refractivity contribution in [3.63, 3.8) is 0 Å². The molecule has 2 aliphatic rings. The summed E-state index contributed by atoms with van der Waals surface area (Å²) in [5.41, 5.74) is 0.779. The van der Waals surface area contributed by atoms with Crippen LogP contribution in [0.1, 0.15) is 38.2 Å². The molecule has 10 heteroatoms. The maximum atomic E-state index is 13.3. The largest absolute Gasteiger partial charge is 0.486 e. The third kappa shape index (κ3) is 3.66. The van der Waals surface area contributed by atoms with Crippen LogP contribution in [0.15, 0.2) is 23.0 Å². The van der Waals surface area contributed by atoms with Crippen LogP contribution in [-0.2, 0) is 10.3 Å². The zero-order valence-corrected chi connectivity index (χ0v) is 17.9. The summed E-state index contributed by atoms with van der Waals surface area (Å²) in [4.78, 5) is 18.5. The number of morpholine rings is 1. The molecule has 0 spiro atoms. The number of hydrogen-bond acceptors (Lipinski definition) is 8. The number of nitrogens with one attached hydrogen (secondary N) is 1. The zero-order valence-electron chi connectivity index (χ0n) is 17.9. The summed E-state index contributed by atoms with van der Waals surface area (Å²) in [5.74, 6) is 1.96. The maximum absolute atomic E-state index is 13.3. The molecule has 0 amide bonds. The standard InChI is InChI=1S/C21H26N6O4/c1-21(2,3)27-19(23-24-25-27)18(26-4-6-29-7-5-26)14-10-13-11-16-17(31-9-8-30-16)12-15(13)22-20(14)28/h10-12,18H,4-9H2,1-3H3,(H,22,28)/t18-/m1/s1. The van der Waals surface area contributed by atoms with E-state index in [-0.39, 0.29) is 11.1 Å². The average Bonchev–Trinajstić information content (AvgIpc) is 3.24. The minimum atomic E-state index is -0.403. The molecule has 0 unspecified atom stereocenters. The van der Waals surface area contributed by atoms with E-state index in [0.717, 1.165) is 5.39 Å². The highest BCUT2D eigenvalue weighted by atomic mass is 16.6. The van der Waals surface area contributed by atoms with Crippen molar-refractivity contribution >= 4 is 10.9 Å². The van der Waals surface area contributed by atoms with E-state index in [0.29, 0.717) is 67.9 Å². The second-order valence-electron chi connectivity index (χ2n) is 8.81. The highest BCUT2D eigenvalue weighted by Gasteiger charge is 2.34. The SMILES string of the molecule is CC(C)(C)n1nnnc1[C@@H](c1cc2cc3c(cc2[nH]c1=O)OCCO3)N1CCOCC1. The van der Waals surface area contributed by atoms with E-state index in [1.54, 1.807) is 4.68 Å². The number of rotatable bonds is 3. The van der Waals surface area contributed by atoms with Crippen molar-refractivity contribution in [2.75, 3.05) is 39.5 Å². The molecule has 1 N–H and O–H groups in total. The Morgan fingerprint density at radius 2 is 1.74 bits per heavy atom. The molecule has 10 nitrogen and oxygen atoms in total. The molecule has 1 fully saturated rings. The Morgan fingerprint density at radius 1 is 1.03 bits per heavy atom. The van der Waals surface area contributed by atoms with E-state index in [9.17, 15) is 4.79 Å². The number of aromatic amines is 1. The summed E-state index contributed by atoms with van der Waals surface area (Å²) in [6, 6.07) is 5.23. The number of benzene rings is 1. The van der Waals surface area contributed by atoms with Gasteiger partial charge in [-0.2, -0.15) is 0 Å². The predicted octanol–water partition coefficient (Wildman–Crippen LogP) is 1.46. The van der Waals surface area contributed by atoms with Gasteiger partial charge in [-0.1, -0.05) is 0 Å². The number of aromatic nitrogens is 5. The Kier molecular flexibility index (Phi) is 4.90. The normalized spacial score (nSPS) is 18.3. The second-order valence-corrected chi connectivity index (χ2v) is 8.81. The Balaban J connectivity index is 1.68. The minimum Gasteiger partial charge on any atom is -0.486 e. The molecule has 0 aliphatic carbocycles. The van der Waals surface area contributed by atoms with E-state index in [1.807, 2.05) is 39.0 Å². The van der Waals surface area contributed by atoms with Crippen LogP contribution in [0, 0.1) is 0 Å². The molecule has 4 heterocycles. The van der Waals surface area contributed by atoms with E-state index < -0.39 is 6.04 Å². The zero-order chi connectivity index (χ0) is 21.6. The fourth-order valence-corrected chi connectivity index (χ4v) is 4.14. The number of fused-ring (bicyclic) bond motifs is 2. The number of ether oxygens (including phenoxy) is 3. The number of pyridine rings is 1. The van der Waals surface area contributed by atoms with E-state index in [1.165, 1.54) is 0 Å². The van der Waals surface area contributed by atoms with Crippen molar-refractivity contribution in [3.8, 4) is 11.5 Å². The van der Waals surface area contributed by atoms with Gasteiger partial charge in [0.1, 0.15) is 19.3 Å². The summed E-state index contributed by atoms with van der Waals surface area (Å²) in [6.07, 6.45) is 0. The van der Waals surface area contributed by atoms with Gasteiger partial charge in [-0.05, 0) is 43.3 Å². The molecule has 0 saturated carbocycles. The van der Waals surface area contributed by atoms with Crippen molar-refractivity contribution in [1.82, 2.24) is 30.1 Å². The van der Waals surface area contributed by atoms with E-state index >= 15 is 0 Å². The topological polar surface area (TPSA) is 107 Å². The lowest BCUT2D eigenvalue weighted by molar-refractivity contribution is 0.0206. The van der Waals surface area contributed by atoms with E-state index in [2.05, 4.69) is 25.4 Å². The fraction of sp³-hybridized carbons (Fsp3) is 0.524. The predicted molar refractivity (Wildman–Crippen MR) is 113 cm³/mol. The van der Waals surface area contributed by atoms with Gasteiger partial charge in [0, 0.05) is 30.1 Å². The number of tetrazole rings is 1. The van der Waals surface area contributed by atoms with Crippen LogP contribution in [0.2, 0.25) is 0 Å². The molecular formula is C21H26N6O4. The van der Waals surface area contributed by atoms with Gasteiger partial charge >= 0.3 is 0 Å². The molecule has 0 radical (unpaired) electrons. The van der Waals surface area contributed by atoms with Crippen LogP contribution >= 0.6 is 0 Å². The third-order valence-electron chi connectivity index (χ3n) is 5.61. The average molecular weight is 426 g/mol. The minimum absolute atomic E-state index is 0.177. The smallest absolute Gasteiger partial charge is 0.253 e. The first-order chi connectivity index (χ1) is 14.9. The summed E-state index contributed by atoms with van der Waals surface area (Å²) < 4.78 is 18.7. The summed E-state index contributed by atoms with van der Waals surface area (Å²) in [7, 11) is 0. The number of H-pyrrole nitrogens is 1. The lowest BCUT2D eigenvalue weighted by atomic mass is 10.0. The van der Waals surface area contributed by atoms with E-state index in [4.69, 9.17) is 14.2 Å². The highest BCUT2D eigenvalue weighted by molar-refractivity contribution is 5.83.